The van der Waals surface area contributed by atoms with E-state index in [-0.39, 0.29) is 17.0 Å². The van der Waals surface area contributed by atoms with Crippen LogP contribution in [0.3, 0.4) is 0 Å². The summed E-state index contributed by atoms with van der Waals surface area (Å²) >= 11 is 2.70. The highest BCUT2D eigenvalue weighted by molar-refractivity contribution is 7.98. The molecule has 6 nitrogen and oxygen atoms in total. The maximum Gasteiger partial charge on any atom is 0.272 e. The summed E-state index contributed by atoms with van der Waals surface area (Å²) in [7, 11) is 0. The van der Waals surface area contributed by atoms with E-state index < -0.39 is 0 Å². The van der Waals surface area contributed by atoms with Crippen LogP contribution in [-0.4, -0.2) is 52.8 Å². The lowest BCUT2D eigenvalue weighted by Crippen LogP contribution is -2.43. The van der Waals surface area contributed by atoms with Crippen LogP contribution in [0.4, 0.5) is 0 Å². The van der Waals surface area contributed by atoms with Crippen molar-refractivity contribution in [1.29, 1.82) is 0 Å². The van der Waals surface area contributed by atoms with Gasteiger partial charge in [0, 0.05) is 24.7 Å². The smallest absolute Gasteiger partial charge is 0.272 e. The summed E-state index contributed by atoms with van der Waals surface area (Å²) in [5.41, 5.74) is -0.132. The third-order valence-corrected chi connectivity index (χ3v) is 4.58. The molecule has 3 rings (SSSR count). The summed E-state index contributed by atoms with van der Waals surface area (Å²) in [4.78, 5) is 31.7. The predicted molar refractivity (Wildman–Crippen MR) is 77.8 cm³/mol. The van der Waals surface area contributed by atoms with Gasteiger partial charge in [0.05, 0.1) is 13.2 Å². The van der Waals surface area contributed by atoms with E-state index in [1.165, 1.54) is 27.5 Å². The highest BCUT2D eigenvalue weighted by atomic mass is 32.2. The van der Waals surface area contributed by atoms with Crippen molar-refractivity contribution in [2.24, 2.45) is 0 Å². The van der Waals surface area contributed by atoms with Gasteiger partial charge in [0.1, 0.15) is 10.6 Å². The molecule has 0 N–H and O–H groups in total. The Morgan fingerprint density at radius 1 is 1.45 bits per heavy atom. The first-order valence-electron chi connectivity index (χ1n) is 6.13. The molecule has 2 aromatic heterocycles. The molecule has 1 saturated heterocycles. The first-order valence-corrected chi connectivity index (χ1v) is 8.23. The van der Waals surface area contributed by atoms with Crippen LogP contribution in [0.15, 0.2) is 21.4 Å². The Morgan fingerprint density at radius 2 is 2.20 bits per heavy atom. The first kappa shape index (κ1) is 13.6. The second-order valence-corrected chi connectivity index (χ2v) is 5.93. The van der Waals surface area contributed by atoms with E-state index in [4.69, 9.17) is 4.74 Å². The average molecular weight is 311 g/mol. The number of thiazole rings is 1. The highest BCUT2D eigenvalue weighted by Gasteiger charge is 2.26. The number of ether oxygens (including phenoxy) is 1. The number of carbonyl (C=O) groups is 1. The highest BCUT2D eigenvalue weighted by Crippen LogP contribution is 2.19. The summed E-state index contributed by atoms with van der Waals surface area (Å²) in [6.45, 7) is 2.04. The first-order chi connectivity index (χ1) is 9.72. The summed E-state index contributed by atoms with van der Waals surface area (Å²) < 4.78 is 6.66. The SMILES string of the molecule is CSc1nc2sccn2c(=O)c1C(=O)N1CCOCC1. The lowest BCUT2D eigenvalue weighted by atomic mass is 10.2. The number of amides is 1. The number of nitrogens with zero attached hydrogens (tertiary/aromatic N) is 3. The van der Waals surface area contributed by atoms with Crippen LogP contribution < -0.4 is 5.56 Å². The van der Waals surface area contributed by atoms with Gasteiger partial charge in [-0.2, -0.15) is 0 Å². The van der Waals surface area contributed by atoms with E-state index in [1.54, 1.807) is 16.5 Å². The van der Waals surface area contributed by atoms with Gasteiger partial charge in [-0.1, -0.05) is 0 Å². The van der Waals surface area contributed by atoms with Crippen molar-refractivity contribution >= 4 is 34.0 Å². The van der Waals surface area contributed by atoms with E-state index in [1.807, 2.05) is 6.26 Å². The van der Waals surface area contributed by atoms with Gasteiger partial charge in [0.25, 0.3) is 11.5 Å². The number of morpholine rings is 1. The molecule has 1 fully saturated rings. The molecule has 1 aliphatic heterocycles. The number of hydrogen-bond donors (Lipinski definition) is 0. The van der Waals surface area contributed by atoms with Crippen LogP contribution in [0.1, 0.15) is 10.4 Å². The molecule has 8 heteroatoms. The third-order valence-electron chi connectivity index (χ3n) is 3.14. The zero-order valence-corrected chi connectivity index (χ0v) is 12.5. The van der Waals surface area contributed by atoms with Crippen LogP contribution >= 0.6 is 23.1 Å². The molecule has 20 heavy (non-hydrogen) atoms. The molecule has 0 aromatic carbocycles. The van der Waals surface area contributed by atoms with Gasteiger partial charge in [0.2, 0.25) is 0 Å². The zero-order valence-electron chi connectivity index (χ0n) is 10.9. The van der Waals surface area contributed by atoms with Crippen LogP contribution in [0, 0.1) is 0 Å². The van der Waals surface area contributed by atoms with E-state index in [0.717, 1.165) is 0 Å². The molecular weight excluding hydrogens is 298 g/mol. The van der Waals surface area contributed by atoms with Gasteiger partial charge in [-0.25, -0.2) is 4.98 Å². The molecule has 0 saturated carbocycles. The second kappa shape index (κ2) is 5.55. The Bertz CT molecular complexity index is 704. The van der Waals surface area contributed by atoms with Crippen LogP contribution in [0.2, 0.25) is 0 Å². The lowest BCUT2D eigenvalue weighted by Gasteiger charge is -2.26. The normalized spacial score (nSPS) is 15.8. The Labute approximate surface area is 123 Å². The predicted octanol–water partition coefficient (Wildman–Crippen LogP) is 0.950. The van der Waals surface area contributed by atoms with Crippen molar-refractivity contribution in [1.82, 2.24) is 14.3 Å². The molecule has 2 aromatic rings. The van der Waals surface area contributed by atoms with Gasteiger partial charge < -0.3 is 9.64 Å². The van der Waals surface area contributed by atoms with Crippen molar-refractivity contribution < 1.29 is 9.53 Å². The van der Waals surface area contributed by atoms with E-state index in [9.17, 15) is 9.59 Å². The van der Waals surface area contributed by atoms with Gasteiger partial charge in [-0.15, -0.1) is 23.1 Å². The number of rotatable bonds is 2. The topological polar surface area (TPSA) is 63.9 Å². The molecular formula is C12H13N3O3S2. The van der Waals surface area contributed by atoms with E-state index in [2.05, 4.69) is 4.98 Å². The third kappa shape index (κ3) is 2.23. The molecule has 1 amide bonds. The fourth-order valence-electron chi connectivity index (χ4n) is 2.12. The van der Waals surface area contributed by atoms with Crippen molar-refractivity contribution in [2.75, 3.05) is 32.6 Å². The summed E-state index contributed by atoms with van der Waals surface area (Å²) in [5, 5.41) is 2.28. The Morgan fingerprint density at radius 3 is 2.90 bits per heavy atom. The lowest BCUT2D eigenvalue weighted by molar-refractivity contribution is 0.0298. The molecule has 0 atom stereocenters. The Hall–Kier alpha value is -1.38. The fraction of sp³-hybridized carbons (Fsp3) is 0.417. The van der Waals surface area contributed by atoms with Crippen molar-refractivity contribution in [3.05, 3.63) is 27.5 Å². The number of carbonyl (C=O) groups excluding carboxylic acids is 1. The molecule has 0 bridgehead atoms. The number of thioether (sulfide) groups is 1. The summed E-state index contributed by atoms with van der Waals surface area (Å²) in [5.74, 6) is -0.254. The van der Waals surface area contributed by atoms with Crippen LogP contribution in [-0.2, 0) is 4.74 Å². The van der Waals surface area contributed by atoms with Gasteiger partial charge in [-0.3, -0.25) is 14.0 Å². The maximum absolute atomic E-state index is 12.6. The van der Waals surface area contributed by atoms with E-state index in [0.29, 0.717) is 36.3 Å². The number of aromatic nitrogens is 2. The molecule has 3 heterocycles. The van der Waals surface area contributed by atoms with Crippen molar-refractivity contribution in [2.45, 2.75) is 5.03 Å². The molecule has 0 spiro atoms. The van der Waals surface area contributed by atoms with Crippen LogP contribution in [0.5, 0.6) is 0 Å². The van der Waals surface area contributed by atoms with Gasteiger partial charge in [0.15, 0.2) is 4.96 Å². The minimum Gasteiger partial charge on any atom is -0.378 e. The quantitative estimate of drug-likeness (QED) is 0.610. The van der Waals surface area contributed by atoms with Crippen molar-refractivity contribution in [3.63, 3.8) is 0 Å². The van der Waals surface area contributed by atoms with Gasteiger partial charge in [-0.05, 0) is 6.26 Å². The number of fused-ring (bicyclic) bond motifs is 1. The van der Waals surface area contributed by atoms with Crippen molar-refractivity contribution in [3.8, 4) is 0 Å². The molecule has 106 valence electrons. The second-order valence-electron chi connectivity index (χ2n) is 4.26. The Kier molecular flexibility index (Phi) is 3.77. The number of hydrogen-bond acceptors (Lipinski definition) is 6. The monoisotopic (exact) mass is 311 g/mol. The molecule has 1 aliphatic rings. The standard InChI is InChI=1S/C12H13N3O3S2/c1-19-9-8(10(16)14-2-5-18-6-3-14)11(17)15-4-7-20-12(15)13-9/h4,7H,2-3,5-6H2,1H3. The molecule has 0 unspecified atom stereocenters. The largest absolute Gasteiger partial charge is 0.378 e. The minimum absolute atomic E-state index is 0.162. The minimum atomic E-state index is -0.294. The zero-order chi connectivity index (χ0) is 14.1. The fourth-order valence-corrected chi connectivity index (χ4v) is 3.44. The van der Waals surface area contributed by atoms with Crippen LogP contribution in [0.25, 0.3) is 4.96 Å². The van der Waals surface area contributed by atoms with Gasteiger partial charge >= 0.3 is 0 Å². The average Bonchev–Trinajstić information content (AvgIpc) is 2.96. The molecule has 0 aliphatic carbocycles. The summed E-state index contributed by atoms with van der Waals surface area (Å²) in [6.07, 6.45) is 3.47. The molecule has 0 radical (unpaired) electrons. The summed E-state index contributed by atoms with van der Waals surface area (Å²) in [6, 6.07) is 0. The maximum atomic E-state index is 12.6. The Balaban J connectivity index is 2.11. The van der Waals surface area contributed by atoms with E-state index >= 15 is 0 Å².